The molecule has 0 spiro atoms. The van der Waals surface area contributed by atoms with E-state index in [-0.39, 0.29) is 0 Å². The predicted octanol–water partition coefficient (Wildman–Crippen LogP) is 1.88. The quantitative estimate of drug-likeness (QED) is 0.455. The van der Waals surface area contributed by atoms with Gasteiger partial charge in [0.25, 0.3) is 0 Å². The van der Waals surface area contributed by atoms with Crippen molar-refractivity contribution in [3.8, 4) is 0 Å². The fourth-order valence-corrected chi connectivity index (χ4v) is 0. The van der Waals surface area contributed by atoms with E-state index in [1.807, 2.05) is 0 Å². The molecule has 1 radical (unpaired) electrons. The van der Waals surface area contributed by atoms with Crippen molar-refractivity contribution >= 4 is 0 Å². The zero-order chi connectivity index (χ0) is 6.28. The number of rotatable bonds is 0. The first-order valence-corrected chi connectivity index (χ1v) is 2.32. The van der Waals surface area contributed by atoms with Crippen LogP contribution < -0.4 is 0 Å². The van der Waals surface area contributed by atoms with E-state index in [0.29, 0.717) is 0 Å². The fraction of sp³-hybridized carbons (Fsp3) is 0.833. The summed E-state index contributed by atoms with van der Waals surface area (Å²) in [4.78, 5) is 0. The van der Waals surface area contributed by atoms with E-state index in [0.717, 1.165) is 0 Å². The number of methoxy groups -OCH3 is 1. The summed E-state index contributed by atoms with van der Waals surface area (Å²) in [6, 6.07) is 0. The van der Waals surface area contributed by atoms with Crippen molar-refractivity contribution in [2.75, 3.05) is 14.2 Å². The molecule has 1 nitrogen and oxygen atoms in total. The predicted molar refractivity (Wildman–Crippen MR) is 33.2 cm³/mol. The average molecular weight is 103 g/mol. The molecule has 0 aliphatic heterocycles. The molecule has 0 rings (SSSR count). The van der Waals surface area contributed by atoms with Crippen LogP contribution in [0, 0.1) is 5.92 Å². The van der Waals surface area contributed by atoms with Crippen molar-refractivity contribution in [1.29, 1.82) is 0 Å². The summed E-state index contributed by atoms with van der Waals surface area (Å²) in [6.45, 7) is 6.25. The molecule has 0 atom stereocenters. The summed E-state index contributed by atoms with van der Waals surface area (Å²) in [5.41, 5.74) is 0. The Bertz CT molecular complexity index is 15.4. The molecule has 0 N–H and O–H groups in total. The van der Waals surface area contributed by atoms with E-state index in [1.165, 1.54) is 5.92 Å². The topological polar surface area (TPSA) is 9.23 Å². The van der Waals surface area contributed by atoms with Gasteiger partial charge >= 0.3 is 0 Å². The minimum absolute atomic E-state index is 1.42. The molecule has 7 heavy (non-hydrogen) atoms. The second-order valence-electron chi connectivity index (χ2n) is 1.91. The zero-order valence-corrected chi connectivity index (χ0v) is 5.91. The van der Waals surface area contributed by atoms with E-state index in [9.17, 15) is 0 Å². The van der Waals surface area contributed by atoms with Crippen molar-refractivity contribution in [2.24, 2.45) is 0 Å². The summed E-state index contributed by atoms with van der Waals surface area (Å²) in [5, 5.41) is 0. The second-order valence-corrected chi connectivity index (χ2v) is 1.91. The van der Waals surface area contributed by atoms with Crippen LogP contribution in [0.5, 0.6) is 0 Å². The summed E-state index contributed by atoms with van der Waals surface area (Å²) in [6.07, 6.45) is 0. The SMILES string of the molecule is COC.C[C](C)C. The van der Waals surface area contributed by atoms with E-state index in [1.54, 1.807) is 14.2 Å². The Hall–Kier alpha value is -0.0400. The third-order valence-electron chi connectivity index (χ3n) is 0. The first-order valence-electron chi connectivity index (χ1n) is 2.32. The molecule has 0 aromatic heterocycles. The minimum atomic E-state index is 1.42. The Balaban J connectivity index is 0. The maximum atomic E-state index is 4.25. The van der Waals surface area contributed by atoms with Crippen LogP contribution in [0.2, 0.25) is 0 Å². The van der Waals surface area contributed by atoms with Gasteiger partial charge in [-0.1, -0.05) is 20.8 Å². The number of hydrogen-bond acceptors (Lipinski definition) is 1. The van der Waals surface area contributed by atoms with Gasteiger partial charge in [-0.15, -0.1) is 0 Å². The third-order valence-corrected chi connectivity index (χ3v) is 0. The Morgan fingerprint density at radius 1 is 1.00 bits per heavy atom. The van der Waals surface area contributed by atoms with Gasteiger partial charge in [-0.2, -0.15) is 0 Å². The lowest BCUT2D eigenvalue weighted by Gasteiger charge is -1.78. The highest BCUT2D eigenvalue weighted by atomic mass is 16.4. The Kier molecular flexibility index (Phi) is 13.4. The molecule has 0 aromatic carbocycles. The van der Waals surface area contributed by atoms with Gasteiger partial charge in [0.15, 0.2) is 0 Å². The first-order chi connectivity index (χ1) is 3.15. The highest BCUT2D eigenvalue weighted by Crippen LogP contribution is 1.85. The maximum absolute atomic E-state index is 4.25. The lowest BCUT2D eigenvalue weighted by atomic mass is 10.3. The molecular weight excluding hydrogens is 88.1 g/mol. The van der Waals surface area contributed by atoms with Crippen molar-refractivity contribution in [3.63, 3.8) is 0 Å². The molecule has 0 saturated heterocycles. The molecule has 0 amide bonds. The smallest absolute Gasteiger partial charge is 0.0351 e. The van der Waals surface area contributed by atoms with Crippen LogP contribution >= 0.6 is 0 Å². The zero-order valence-electron chi connectivity index (χ0n) is 5.91. The van der Waals surface area contributed by atoms with Gasteiger partial charge in [-0.05, 0) is 5.92 Å². The summed E-state index contributed by atoms with van der Waals surface area (Å²) >= 11 is 0. The molecule has 1 heteroatoms. The molecule has 45 valence electrons. The lowest BCUT2D eigenvalue weighted by molar-refractivity contribution is 0.277. The van der Waals surface area contributed by atoms with Crippen LogP contribution in [0.15, 0.2) is 0 Å². The van der Waals surface area contributed by atoms with Gasteiger partial charge in [0.05, 0.1) is 0 Å². The van der Waals surface area contributed by atoms with E-state index in [4.69, 9.17) is 0 Å². The normalized spacial score (nSPS) is 7.71. The van der Waals surface area contributed by atoms with Gasteiger partial charge in [-0.3, -0.25) is 0 Å². The van der Waals surface area contributed by atoms with Gasteiger partial charge in [0, 0.05) is 14.2 Å². The van der Waals surface area contributed by atoms with Crippen molar-refractivity contribution in [3.05, 3.63) is 5.92 Å². The van der Waals surface area contributed by atoms with Crippen LogP contribution in [0.25, 0.3) is 0 Å². The monoisotopic (exact) mass is 103 g/mol. The van der Waals surface area contributed by atoms with Gasteiger partial charge < -0.3 is 4.74 Å². The Labute approximate surface area is 46.7 Å². The molecule has 0 fully saturated rings. The largest absolute Gasteiger partial charge is 0.388 e. The summed E-state index contributed by atoms with van der Waals surface area (Å²) < 4.78 is 4.25. The van der Waals surface area contributed by atoms with E-state index >= 15 is 0 Å². The van der Waals surface area contributed by atoms with Crippen LogP contribution in [0.1, 0.15) is 20.8 Å². The lowest BCUT2D eigenvalue weighted by Crippen LogP contribution is -1.62. The highest BCUT2D eigenvalue weighted by Gasteiger charge is 1.69. The first kappa shape index (κ1) is 10.0. The molecule has 0 unspecified atom stereocenters. The Morgan fingerprint density at radius 3 is 1.00 bits per heavy atom. The molecule has 0 aromatic rings. The standard InChI is InChI=1S/C4H9.C2H6O/c1-4(2)3;1-3-2/h1-3H3;1-2H3. The molecule has 0 aliphatic rings. The van der Waals surface area contributed by atoms with Gasteiger partial charge in [0.2, 0.25) is 0 Å². The third kappa shape index (κ3) is 58400. The van der Waals surface area contributed by atoms with Gasteiger partial charge in [-0.25, -0.2) is 0 Å². The van der Waals surface area contributed by atoms with Crippen LogP contribution in [-0.2, 0) is 4.74 Å². The van der Waals surface area contributed by atoms with Crippen LogP contribution in [0.3, 0.4) is 0 Å². The van der Waals surface area contributed by atoms with E-state index in [2.05, 4.69) is 25.5 Å². The molecule has 0 bridgehead atoms. The van der Waals surface area contributed by atoms with Crippen molar-refractivity contribution in [2.45, 2.75) is 20.8 Å². The van der Waals surface area contributed by atoms with Crippen molar-refractivity contribution in [1.82, 2.24) is 0 Å². The van der Waals surface area contributed by atoms with Crippen LogP contribution in [0.4, 0.5) is 0 Å². The number of ether oxygens (including phenoxy) is 1. The molecule has 0 saturated carbocycles. The number of hydrogen-bond donors (Lipinski definition) is 0. The fourth-order valence-electron chi connectivity index (χ4n) is 0. The maximum Gasteiger partial charge on any atom is 0.0351 e. The van der Waals surface area contributed by atoms with E-state index < -0.39 is 0 Å². The Morgan fingerprint density at radius 2 is 1.00 bits per heavy atom. The molecule has 0 aliphatic carbocycles. The summed E-state index contributed by atoms with van der Waals surface area (Å²) in [5.74, 6) is 1.42. The highest BCUT2D eigenvalue weighted by molar-refractivity contribution is 4.64. The average Bonchev–Trinajstić information content (AvgIpc) is 1.33. The molecular formula is C6H15O. The van der Waals surface area contributed by atoms with Gasteiger partial charge in [0.1, 0.15) is 0 Å². The minimum Gasteiger partial charge on any atom is -0.388 e. The molecule has 0 heterocycles. The van der Waals surface area contributed by atoms with Crippen LogP contribution in [-0.4, -0.2) is 14.2 Å². The summed E-state index contributed by atoms with van der Waals surface area (Å²) in [7, 11) is 3.25. The second kappa shape index (κ2) is 9.35. The van der Waals surface area contributed by atoms with Crippen molar-refractivity contribution < 1.29 is 4.74 Å².